The van der Waals surface area contributed by atoms with Crippen LogP contribution in [0.25, 0.3) is 22.3 Å². The molecule has 0 bridgehead atoms. The Morgan fingerprint density at radius 1 is 0.812 bits per heavy atom. The fourth-order valence-corrected chi connectivity index (χ4v) is 3.65. The molecule has 11 heteroatoms. The summed E-state index contributed by atoms with van der Waals surface area (Å²) in [7, 11) is 0. The molecule has 0 amide bonds. The number of aliphatic hydroxyl groups is 4. The van der Waals surface area contributed by atoms with Crippen LogP contribution < -0.4 is 5.43 Å². The Bertz CT molecular complexity index is 1230. The molecule has 1 aliphatic rings. The normalized spacial score (nSPS) is 25.8. The molecule has 32 heavy (non-hydrogen) atoms. The van der Waals surface area contributed by atoms with Gasteiger partial charge in [0.1, 0.15) is 46.5 Å². The molecule has 1 fully saturated rings. The number of aliphatic hydroxyl groups excluding tert-OH is 4. The van der Waals surface area contributed by atoms with E-state index in [1.54, 1.807) is 0 Å². The summed E-state index contributed by atoms with van der Waals surface area (Å²) in [6.45, 7) is 0. The van der Waals surface area contributed by atoms with Crippen molar-refractivity contribution in [3.05, 3.63) is 46.1 Å². The number of ether oxygens (including phenoxy) is 1. The summed E-state index contributed by atoms with van der Waals surface area (Å²) >= 11 is 0. The smallest absolute Gasteiger partial charge is 0.197 e. The van der Waals surface area contributed by atoms with Crippen molar-refractivity contribution in [2.24, 2.45) is 0 Å². The molecule has 2 heterocycles. The SMILES string of the molecule is O=c1cc(-c2ccc(O)c(O)c2)oc2cc(O)c(C[C@H]3O[C@H](O)[C@H](O)[C@@H](O)[C@H]3O)c(O)c12. The maximum Gasteiger partial charge on any atom is 0.197 e. The topological polar surface area (TPSA) is 201 Å². The van der Waals surface area contributed by atoms with Crippen LogP contribution >= 0.6 is 0 Å². The van der Waals surface area contributed by atoms with Crippen LogP contribution in [0.1, 0.15) is 5.56 Å². The van der Waals surface area contributed by atoms with Crippen LogP contribution in [0.5, 0.6) is 23.0 Å². The standard InChI is InChI=1S/C21H20O11/c22-9-2-1-7(3-11(9)24)13-6-12(25)16-14(31-13)5-10(23)8(17(16)26)4-15-18(27)19(28)20(29)21(30)32-15/h1-3,5-6,15,18-24,26-30H,4H2/t15-,18+,19+,20-,21+/m1/s1. The molecule has 11 nitrogen and oxygen atoms in total. The fourth-order valence-electron chi connectivity index (χ4n) is 3.65. The summed E-state index contributed by atoms with van der Waals surface area (Å²) in [5, 5.41) is 79.1. The zero-order valence-corrected chi connectivity index (χ0v) is 16.3. The van der Waals surface area contributed by atoms with E-state index in [0.717, 1.165) is 12.1 Å². The number of hydrogen-bond donors (Lipinski definition) is 8. The van der Waals surface area contributed by atoms with E-state index in [4.69, 9.17) is 9.15 Å². The van der Waals surface area contributed by atoms with Gasteiger partial charge < -0.3 is 50.0 Å². The molecule has 0 spiro atoms. The minimum absolute atomic E-state index is 0.00406. The molecule has 0 radical (unpaired) electrons. The van der Waals surface area contributed by atoms with Gasteiger partial charge in [0.25, 0.3) is 0 Å². The van der Waals surface area contributed by atoms with Crippen LogP contribution in [0, 0.1) is 0 Å². The molecule has 1 aliphatic heterocycles. The maximum absolute atomic E-state index is 12.7. The number of fused-ring (bicyclic) bond motifs is 1. The molecular formula is C21H20O11. The maximum atomic E-state index is 12.7. The van der Waals surface area contributed by atoms with Crippen molar-refractivity contribution >= 4 is 11.0 Å². The number of benzene rings is 2. The summed E-state index contributed by atoms with van der Waals surface area (Å²) < 4.78 is 10.7. The first kappa shape index (κ1) is 21.9. The molecule has 5 atom stereocenters. The fraction of sp³-hybridized carbons (Fsp3) is 0.286. The predicted octanol–water partition coefficient (Wildman–Crippen LogP) is -0.375. The van der Waals surface area contributed by atoms with Gasteiger partial charge in [-0.3, -0.25) is 4.79 Å². The van der Waals surface area contributed by atoms with Crippen LogP contribution in [0.3, 0.4) is 0 Å². The molecule has 4 rings (SSSR count). The molecule has 0 unspecified atom stereocenters. The highest BCUT2D eigenvalue weighted by Crippen LogP contribution is 2.38. The summed E-state index contributed by atoms with van der Waals surface area (Å²) in [5.41, 5.74) is -0.824. The number of rotatable bonds is 3. The van der Waals surface area contributed by atoms with E-state index in [1.165, 1.54) is 18.2 Å². The van der Waals surface area contributed by atoms with Crippen LogP contribution in [0.15, 0.2) is 39.5 Å². The van der Waals surface area contributed by atoms with E-state index >= 15 is 0 Å². The lowest BCUT2D eigenvalue weighted by atomic mass is 9.93. The molecule has 3 aromatic rings. The van der Waals surface area contributed by atoms with E-state index in [1.807, 2.05) is 0 Å². The van der Waals surface area contributed by atoms with Crippen molar-refractivity contribution in [3.8, 4) is 34.3 Å². The molecular weight excluding hydrogens is 428 g/mol. The third-order valence-corrected chi connectivity index (χ3v) is 5.43. The second-order valence-electron chi connectivity index (χ2n) is 7.52. The lowest BCUT2D eigenvalue weighted by Gasteiger charge is -2.38. The Labute approximate surface area is 179 Å². The Balaban J connectivity index is 1.76. The number of hydrogen-bond acceptors (Lipinski definition) is 11. The second kappa shape index (κ2) is 7.97. The van der Waals surface area contributed by atoms with Gasteiger partial charge in [-0.25, -0.2) is 0 Å². The van der Waals surface area contributed by atoms with E-state index in [-0.39, 0.29) is 33.6 Å². The van der Waals surface area contributed by atoms with E-state index in [2.05, 4.69) is 0 Å². The van der Waals surface area contributed by atoms with E-state index in [9.17, 15) is 45.6 Å². The van der Waals surface area contributed by atoms with Gasteiger partial charge in [0, 0.05) is 29.7 Å². The Morgan fingerprint density at radius 3 is 2.22 bits per heavy atom. The summed E-state index contributed by atoms with van der Waals surface area (Å²) in [5.74, 6) is -1.98. The van der Waals surface area contributed by atoms with Crippen LogP contribution in [-0.2, 0) is 11.2 Å². The first-order valence-corrected chi connectivity index (χ1v) is 9.50. The van der Waals surface area contributed by atoms with Gasteiger partial charge in [-0.2, -0.15) is 0 Å². The Hall–Kier alpha value is -3.35. The molecule has 0 aliphatic carbocycles. The quantitative estimate of drug-likeness (QED) is 0.243. The van der Waals surface area contributed by atoms with Gasteiger partial charge in [-0.15, -0.1) is 0 Å². The Kier molecular flexibility index (Phi) is 5.44. The van der Waals surface area contributed by atoms with Crippen molar-refractivity contribution in [1.82, 2.24) is 0 Å². The minimum atomic E-state index is -1.81. The van der Waals surface area contributed by atoms with E-state index < -0.39 is 59.8 Å². The Morgan fingerprint density at radius 2 is 1.53 bits per heavy atom. The van der Waals surface area contributed by atoms with Gasteiger partial charge in [-0.1, -0.05) is 0 Å². The zero-order valence-electron chi connectivity index (χ0n) is 16.3. The van der Waals surface area contributed by atoms with Crippen molar-refractivity contribution < 1.29 is 50.0 Å². The van der Waals surface area contributed by atoms with Crippen molar-refractivity contribution in [2.45, 2.75) is 37.1 Å². The van der Waals surface area contributed by atoms with Gasteiger partial charge in [0.2, 0.25) is 0 Å². The third-order valence-electron chi connectivity index (χ3n) is 5.43. The largest absolute Gasteiger partial charge is 0.507 e. The highest BCUT2D eigenvalue weighted by atomic mass is 16.6. The summed E-state index contributed by atoms with van der Waals surface area (Å²) in [6.07, 6.45) is -8.67. The lowest BCUT2D eigenvalue weighted by Crippen LogP contribution is -2.57. The highest BCUT2D eigenvalue weighted by Gasteiger charge is 2.43. The van der Waals surface area contributed by atoms with Gasteiger partial charge in [0.15, 0.2) is 23.2 Å². The number of aromatic hydroxyl groups is 4. The van der Waals surface area contributed by atoms with Crippen LogP contribution in [0.4, 0.5) is 0 Å². The molecule has 2 aromatic carbocycles. The van der Waals surface area contributed by atoms with Crippen LogP contribution in [0.2, 0.25) is 0 Å². The second-order valence-corrected chi connectivity index (χ2v) is 7.52. The minimum Gasteiger partial charge on any atom is -0.507 e. The molecule has 0 saturated carbocycles. The molecule has 170 valence electrons. The average molecular weight is 448 g/mol. The average Bonchev–Trinajstić information content (AvgIpc) is 2.74. The van der Waals surface area contributed by atoms with Crippen LogP contribution in [-0.4, -0.2) is 71.6 Å². The van der Waals surface area contributed by atoms with Gasteiger partial charge in [0.05, 0.1) is 6.10 Å². The van der Waals surface area contributed by atoms with Crippen molar-refractivity contribution in [2.75, 3.05) is 0 Å². The van der Waals surface area contributed by atoms with Gasteiger partial charge in [-0.05, 0) is 18.2 Å². The predicted molar refractivity (Wildman–Crippen MR) is 107 cm³/mol. The molecule has 1 saturated heterocycles. The van der Waals surface area contributed by atoms with Crippen molar-refractivity contribution in [1.29, 1.82) is 0 Å². The first-order chi connectivity index (χ1) is 15.1. The van der Waals surface area contributed by atoms with Crippen molar-refractivity contribution in [3.63, 3.8) is 0 Å². The zero-order chi connectivity index (χ0) is 23.3. The summed E-state index contributed by atoms with van der Waals surface area (Å²) in [4.78, 5) is 12.7. The third kappa shape index (κ3) is 3.61. The first-order valence-electron chi connectivity index (χ1n) is 9.50. The highest BCUT2D eigenvalue weighted by molar-refractivity contribution is 5.88. The number of phenolic OH excluding ortho intramolecular Hbond substituents is 4. The lowest BCUT2D eigenvalue weighted by molar-refractivity contribution is -0.281. The molecule has 8 N–H and O–H groups in total. The molecule has 1 aromatic heterocycles. The van der Waals surface area contributed by atoms with E-state index in [0.29, 0.717) is 0 Å². The van der Waals surface area contributed by atoms with Gasteiger partial charge >= 0.3 is 0 Å². The monoisotopic (exact) mass is 448 g/mol. The summed E-state index contributed by atoms with van der Waals surface area (Å²) in [6, 6.07) is 5.86. The number of phenols is 4.